The van der Waals surface area contributed by atoms with Gasteiger partial charge in [0.2, 0.25) is 0 Å². The fourth-order valence-corrected chi connectivity index (χ4v) is 3.07. The molecule has 0 aliphatic carbocycles. The Hall–Kier alpha value is -2.78. The van der Waals surface area contributed by atoms with E-state index in [1.807, 2.05) is 17.2 Å². The first kappa shape index (κ1) is 19.0. The van der Waals surface area contributed by atoms with E-state index in [4.69, 9.17) is 4.42 Å². The molecule has 1 saturated heterocycles. The first-order valence-corrected chi connectivity index (χ1v) is 9.14. The Balaban J connectivity index is 1.67. The molecule has 1 fully saturated rings. The molecule has 1 aliphatic rings. The van der Waals surface area contributed by atoms with E-state index in [0.29, 0.717) is 18.8 Å². The van der Waals surface area contributed by atoms with E-state index in [2.05, 4.69) is 28.6 Å². The van der Waals surface area contributed by atoms with Crippen molar-refractivity contribution in [2.24, 2.45) is 0 Å². The number of carbonyl (C=O) groups excluding carboxylic acids is 1. The average molecular weight is 367 g/mol. The zero-order chi connectivity index (χ0) is 19.4. The number of aromatic nitrogens is 1. The number of hydrogen-bond acceptors (Lipinski definition) is 5. The fourth-order valence-electron chi connectivity index (χ4n) is 3.07. The van der Waals surface area contributed by atoms with Crippen LogP contribution in [-0.2, 0) is 0 Å². The number of furan rings is 1. The first-order chi connectivity index (χ1) is 12.8. The van der Waals surface area contributed by atoms with E-state index in [1.165, 1.54) is 5.69 Å². The number of pyridine rings is 1. The maximum atomic E-state index is 12.8. The number of aliphatic hydroxyl groups is 1. The van der Waals surface area contributed by atoms with Crippen LogP contribution in [0.25, 0.3) is 0 Å². The number of amides is 1. The molecule has 27 heavy (non-hydrogen) atoms. The molecular weight excluding hydrogens is 342 g/mol. The van der Waals surface area contributed by atoms with Crippen LogP contribution in [-0.4, -0.2) is 52.7 Å². The Kier molecular flexibility index (Phi) is 5.52. The second kappa shape index (κ2) is 7.85. The lowest BCUT2D eigenvalue weighted by Gasteiger charge is -2.24. The topological polar surface area (TPSA) is 69.8 Å². The molecule has 0 radical (unpaired) electrons. The number of aryl methyl sites for hydroxylation is 1. The highest BCUT2D eigenvalue weighted by Crippen LogP contribution is 2.21. The molecule has 6 nitrogen and oxygen atoms in total. The van der Waals surface area contributed by atoms with E-state index in [9.17, 15) is 9.90 Å². The summed E-state index contributed by atoms with van der Waals surface area (Å²) >= 11 is 0. The molecule has 0 aromatic carbocycles. The van der Waals surface area contributed by atoms with Gasteiger partial charge in [-0.25, -0.2) is 0 Å². The van der Waals surface area contributed by atoms with Crippen molar-refractivity contribution in [2.75, 3.05) is 31.1 Å². The Morgan fingerprint density at radius 1 is 1.22 bits per heavy atom. The lowest BCUT2D eigenvalue weighted by molar-refractivity contribution is 0.0734. The lowest BCUT2D eigenvalue weighted by Crippen LogP contribution is -2.35. The van der Waals surface area contributed by atoms with Gasteiger partial charge in [0.05, 0.1) is 0 Å². The second-order valence-electron chi connectivity index (χ2n) is 7.27. The zero-order valence-electron chi connectivity index (χ0n) is 16.0. The number of carbonyl (C=O) groups is 1. The SMILES string of the molecule is Cc1cnccc1N1CCCN(C(=O)c2ccc(C#CC(C)(C)O)o2)CC1. The molecular formula is C21H25N3O3. The van der Waals surface area contributed by atoms with Gasteiger partial charge in [0.15, 0.2) is 11.5 Å². The third kappa shape index (κ3) is 4.89. The summed E-state index contributed by atoms with van der Waals surface area (Å²) in [5.74, 6) is 5.98. The van der Waals surface area contributed by atoms with Gasteiger partial charge in [-0.2, -0.15) is 0 Å². The van der Waals surface area contributed by atoms with Gasteiger partial charge >= 0.3 is 0 Å². The first-order valence-electron chi connectivity index (χ1n) is 9.14. The van der Waals surface area contributed by atoms with Crippen molar-refractivity contribution in [3.05, 3.63) is 47.7 Å². The molecule has 142 valence electrons. The predicted molar refractivity (Wildman–Crippen MR) is 104 cm³/mol. The molecule has 2 aromatic heterocycles. The summed E-state index contributed by atoms with van der Waals surface area (Å²) in [5, 5.41) is 9.67. The molecule has 1 N–H and O–H groups in total. The highest BCUT2D eigenvalue weighted by atomic mass is 16.4. The summed E-state index contributed by atoms with van der Waals surface area (Å²) in [7, 11) is 0. The molecule has 1 aliphatic heterocycles. The summed E-state index contributed by atoms with van der Waals surface area (Å²) in [6.45, 7) is 8.23. The minimum atomic E-state index is -1.10. The molecule has 1 amide bonds. The summed E-state index contributed by atoms with van der Waals surface area (Å²) in [5.41, 5.74) is 1.20. The van der Waals surface area contributed by atoms with Crippen LogP contribution >= 0.6 is 0 Å². The van der Waals surface area contributed by atoms with Gasteiger partial charge in [-0.1, -0.05) is 5.92 Å². The Labute approximate surface area is 159 Å². The molecule has 0 spiro atoms. The minimum Gasteiger partial charge on any atom is -0.443 e. The van der Waals surface area contributed by atoms with Gasteiger partial charge in [0.25, 0.3) is 5.91 Å². The van der Waals surface area contributed by atoms with Crippen LogP contribution in [0.15, 0.2) is 35.0 Å². The summed E-state index contributed by atoms with van der Waals surface area (Å²) < 4.78 is 5.57. The van der Waals surface area contributed by atoms with Gasteiger partial charge in [-0.05, 0) is 56.9 Å². The standard InChI is InChI=1S/C21H25N3O3/c1-16-15-22-10-8-18(16)23-11-4-12-24(14-13-23)20(25)19-6-5-17(27-19)7-9-21(2,3)26/h5-6,8,10,15,26H,4,11-14H2,1-3H3. The van der Waals surface area contributed by atoms with Gasteiger partial charge in [0.1, 0.15) is 5.60 Å². The monoisotopic (exact) mass is 367 g/mol. The number of hydrogen-bond donors (Lipinski definition) is 1. The average Bonchev–Trinajstić information content (AvgIpc) is 2.96. The van der Waals surface area contributed by atoms with E-state index in [1.54, 1.807) is 32.2 Å². The fraction of sp³-hybridized carbons (Fsp3) is 0.429. The van der Waals surface area contributed by atoms with Crippen LogP contribution in [0.4, 0.5) is 5.69 Å². The number of anilines is 1. The largest absolute Gasteiger partial charge is 0.443 e. The summed E-state index contributed by atoms with van der Waals surface area (Å²) in [6.07, 6.45) is 4.55. The predicted octanol–water partition coefficient (Wildman–Crippen LogP) is 2.46. The molecule has 0 unspecified atom stereocenters. The highest BCUT2D eigenvalue weighted by Gasteiger charge is 2.23. The third-order valence-corrected chi connectivity index (χ3v) is 4.42. The third-order valence-electron chi connectivity index (χ3n) is 4.42. The van der Waals surface area contributed by atoms with E-state index in [-0.39, 0.29) is 11.7 Å². The van der Waals surface area contributed by atoms with Crippen LogP contribution in [0.1, 0.15) is 42.1 Å². The molecule has 0 atom stereocenters. The van der Waals surface area contributed by atoms with Crippen molar-refractivity contribution in [1.29, 1.82) is 0 Å². The van der Waals surface area contributed by atoms with E-state index < -0.39 is 5.60 Å². The van der Waals surface area contributed by atoms with Crippen molar-refractivity contribution in [1.82, 2.24) is 9.88 Å². The smallest absolute Gasteiger partial charge is 0.289 e. The minimum absolute atomic E-state index is 0.125. The van der Waals surface area contributed by atoms with Crippen molar-refractivity contribution in [3.63, 3.8) is 0 Å². The summed E-state index contributed by atoms with van der Waals surface area (Å²) in [6, 6.07) is 5.33. The second-order valence-corrected chi connectivity index (χ2v) is 7.27. The van der Waals surface area contributed by atoms with Gasteiger partial charge in [0, 0.05) is 44.3 Å². The normalized spacial score (nSPS) is 15.1. The number of nitrogens with zero attached hydrogens (tertiary/aromatic N) is 3. The van der Waals surface area contributed by atoms with E-state index in [0.717, 1.165) is 25.1 Å². The quantitative estimate of drug-likeness (QED) is 0.826. The molecule has 0 bridgehead atoms. The Bertz CT molecular complexity index is 871. The van der Waals surface area contributed by atoms with Crippen molar-refractivity contribution >= 4 is 11.6 Å². The summed E-state index contributed by atoms with van der Waals surface area (Å²) in [4.78, 5) is 21.1. The lowest BCUT2D eigenvalue weighted by atomic mass is 10.1. The molecule has 3 heterocycles. The van der Waals surface area contributed by atoms with Crippen LogP contribution < -0.4 is 4.90 Å². The molecule has 6 heteroatoms. The van der Waals surface area contributed by atoms with Gasteiger partial charge in [-0.15, -0.1) is 0 Å². The maximum absolute atomic E-state index is 12.8. The van der Waals surface area contributed by atoms with Crippen LogP contribution in [0, 0.1) is 18.8 Å². The Morgan fingerprint density at radius 2 is 2.04 bits per heavy atom. The van der Waals surface area contributed by atoms with Crippen molar-refractivity contribution in [3.8, 4) is 11.8 Å². The molecule has 2 aromatic rings. The maximum Gasteiger partial charge on any atom is 0.289 e. The van der Waals surface area contributed by atoms with E-state index >= 15 is 0 Å². The molecule has 3 rings (SSSR count). The molecule has 0 saturated carbocycles. The van der Waals surface area contributed by atoms with Crippen molar-refractivity contribution in [2.45, 2.75) is 32.8 Å². The number of rotatable bonds is 2. The van der Waals surface area contributed by atoms with Crippen LogP contribution in [0.2, 0.25) is 0 Å². The van der Waals surface area contributed by atoms with Crippen LogP contribution in [0.5, 0.6) is 0 Å². The zero-order valence-corrected chi connectivity index (χ0v) is 16.0. The van der Waals surface area contributed by atoms with Gasteiger partial charge < -0.3 is 19.3 Å². The highest BCUT2D eigenvalue weighted by molar-refractivity contribution is 5.91. The Morgan fingerprint density at radius 3 is 2.78 bits per heavy atom. The van der Waals surface area contributed by atoms with Crippen molar-refractivity contribution < 1.29 is 14.3 Å². The van der Waals surface area contributed by atoms with Gasteiger partial charge in [-0.3, -0.25) is 9.78 Å². The van der Waals surface area contributed by atoms with Crippen LogP contribution in [0.3, 0.4) is 0 Å².